The quantitative estimate of drug-likeness (QED) is 0.667. The van der Waals surface area contributed by atoms with Crippen LogP contribution in [0.3, 0.4) is 0 Å². The molecule has 0 spiro atoms. The van der Waals surface area contributed by atoms with E-state index < -0.39 is 25.1 Å². The predicted molar refractivity (Wildman–Crippen MR) is 51.8 cm³/mol. The number of aliphatic hydroxyl groups excluding tert-OH is 1. The molecule has 0 bridgehead atoms. The van der Waals surface area contributed by atoms with Gasteiger partial charge in [0.15, 0.2) is 0 Å². The van der Waals surface area contributed by atoms with Crippen LogP contribution in [-0.2, 0) is 4.74 Å². The largest absolute Gasteiger partial charge is 0.390 e. The molecule has 0 aromatic heterocycles. The van der Waals surface area contributed by atoms with E-state index in [4.69, 9.17) is 0 Å². The highest BCUT2D eigenvalue weighted by atomic mass is 19.3. The van der Waals surface area contributed by atoms with E-state index in [1.165, 1.54) is 0 Å². The normalized spacial score (nSPS) is 16.5. The number of halogens is 4. The smallest absolute Gasteiger partial charge is 0.330 e. The number of aliphatic hydroxyl groups is 1. The fourth-order valence-corrected chi connectivity index (χ4v) is 1.19. The Bertz CT molecular complexity index is 188. The van der Waals surface area contributed by atoms with Gasteiger partial charge in [-0.05, 0) is 12.3 Å². The van der Waals surface area contributed by atoms with Crippen LogP contribution in [0, 0.1) is 5.92 Å². The SMILES string of the molecule is CCCC(C)C(O)COCC(F)(F)C(F)F. The molecular formula is C10H18F4O2. The van der Waals surface area contributed by atoms with E-state index >= 15 is 0 Å². The second-order valence-electron chi connectivity index (χ2n) is 3.91. The van der Waals surface area contributed by atoms with Crippen molar-refractivity contribution in [3.8, 4) is 0 Å². The first-order chi connectivity index (χ1) is 7.31. The zero-order chi connectivity index (χ0) is 12.8. The molecule has 0 fully saturated rings. The predicted octanol–water partition coefficient (Wildman–Crippen LogP) is 2.70. The molecule has 0 aromatic carbocycles. The van der Waals surface area contributed by atoms with Gasteiger partial charge in [-0.25, -0.2) is 8.78 Å². The zero-order valence-corrected chi connectivity index (χ0v) is 9.43. The summed E-state index contributed by atoms with van der Waals surface area (Å²) in [5, 5.41) is 9.43. The van der Waals surface area contributed by atoms with Crippen molar-refractivity contribution < 1.29 is 27.4 Å². The molecule has 0 rings (SSSR count). The van der Waals surface area contributed by atoms with Crippen molar-refractivity contribution in [3.05, 3.63) is 0 Å². The molecule has 0 heterocycles. The summed E-state index contributed by atoms with van der Waals surface area (Å²) in [4.78, 5) is 0. The van der Waals surface area contributed by atoms with Crippen LogP contribution < -0.4 is 0 Å². The van der Waals surface area contributed by atoms with E-state index in [1.54, 1.807) is 6.92 Å². The summed E-state index contributed by atoms with van der Waals surface area (Å²) in [6.45, 7) is 1.97. The van der Waals surface area contributed by atoms with Gasteiger partial charge in [-0.2, -0.15) is 8.78 Å². The van der Waals surface area contributed by atoms with Crippen molar-refractivity contribution >= 4 is 0 Å². The minimum Gasteiger partial charge on any atom is -0.390 e. The van der Waals surface area contributed by atoms with Crippen molar-refractivity contribution in [2.24, 2.45) is 5.92 Å². The van der Waals surface area contributed by atoms with Gasteiger partial charge in [-0.3, -0.25) is 0 Å². The lowest BCUT2D eigenvalue weighted by Crippen LogP contribution is -2.34. The average Bonchev–Trinajstić information content (AvgIpc) is 2.17. The van der Waals surface area contributed by atoms with Gasteiger partial charge < -0.3 is 9.84 Å². The van der Waals surface area contributed by atoms with Gasteiger partial charge >= 0.3 is 12.3 Å². The van der Waals surface area contributed by atoms with Gasteiger partial charge in [0, 0.05) is 0 Å². The molecule has 0 aromatic rings. The van der Waals surface area contributed by atoms with Crippen LogP contribution in [0.1, 0.15) is 26.7 Å². The Balaban J connectivity index is 3.81. The highest BCUT2D eigenvalue weighted by Gasteiger charge is 2.41. The van der Waals surface area contributed by atoms with Crippen LogP contribution in [0.4, 0.5) is 17.6 Å². The summed E-state index contributed by atoms with van der Waals surface area (Å²) in [6.07, 6.45) is -3.05. The number of hydrogen-bond donors (Lipinski definition) is 1. The Morgan fingerprint density at radius 2 is 1.88 bits per heavy atom. The van der Waals surface area contributed by atoms with Crippen molar-refractivity contribution in [2.45, 2.75) is 45.1 Å². The van der Waals surface area contributed by atoms with Gasteiger partial charge in [-0.15, -0.1) is 0 Å². The monoisotopic (exact) mass is 246 g/mol. The molecule has 0 aliphatic carbocycles. The number of alkyl halides is 4. The topological polar surface area (TPSA) is 29.5 Å². The highest BCUT2D eigenvalue weighted by Crippen LogP contribution is 2.23. The Labute approximate surface area is 92.6 Å². The lowest BCUT2D eigenvalue weighted by Gasteiger charge is -2.20. The lowest BCUT2D eigenvalue weighted by molar-refractivity contribution is -0.172. The van der Waals surface area contributed by atoms with Gasteiger partial charge in [-0.1, -0.05) is 20.3 Å². The zero-order valence-electron chi connectivity index (χ0n) is 9.43. The molecule has 0 saturated carbocycles. The Kier molecular flexibility index (Phi) is 6.90. The Hall–Kier alpha value is -0.360. The second kappa shape index (κ2) is 7.06. The summed E-state index contributed by atoms with van der Waals surface area (Å²) in [5.74, 6) is -4.24. The van der Waals surface area contributed by atoms with E-state index in [1.807, 2.05) is 6.92 Å². The van der Waals surface area contributed by atoms with E-state index in [2.05, 4.69) is 4.74 Å². The standard InChI is InChI=1S/C10H18F4O2/c1-3-4-7(2)8(15)5-16-6-10(13,14)9(11)12/h7-9,15H,3-6H2,1-2H3. The minimum absolute atomic E-state index is 0.0924. The first-order valence-corrected chi connectivity index (χ1v) is 5.23. The summed E-state index contributed by atoms with van der Waals surface area (Å²) in [7, 11) is 0. The maximum atomic E-state index is 12.4. The maximum Gasteiger partial charge on any atom is 0.330 e. The van der Waals surface area contributed by atoms with Crippen molar-refractivity contribution in [1.82, 2.24) is 0 Å². The fraction of sp³-hybridized carbons (Fsp3) is 1.00. The molecule has 16 heavy (non-hydrogen) atoms. The molecular weight excluding hydrogens is 228 g/mol. The van der Waals surface area contributed by atoms with Gasteiger partial charge in [0.1, 0.15) is 6.61 Å². The Morgan fingerprint density at radius 1 is 1.31 bits per heavy atom. The molecule has 0 aliphatic heterocycles. The van der Waals surface area contributed by atoms with Crippen molar-refractivity contribution in [2.75, 3.05) is 13.2 Å². The van der Waals surface area contributed by atoms with Crippen LogP contribution in [-0.4, -0.2) is 36.8 Å². The van der Waals surface area contributed by atoms with E-state index in [9.17, 15) is 22.7 Å². The fourth-order valence-electron chi connectivity index (χ4n) is 1.19. The van der Waals surface area contributed by atoms with Gasteiger partial charge in [0.25, 0.3) is 0 Å². The molecule has 0 aliphatic rings. The van der Waals surface area contributed by atoms with Crippen molar-refractivity contribution in [3.63, 3.8) is 0 Å². The first kappa shape index (κ1) is 15.6. The molecule has 1 N–H and O–H groups in total. The second-order valence-corrected chi connectivity index (χ2v) is 3.91. The molecule has 98 valence electrons. The third-order valence-corrected chi connectivity index (χ3v) is 2.30. The van der Waals surface area contributed by atoms with E-state index in [0.717, 1.165) is 12.8 Å². The molecule has 2 unspecified atom stereocenters. The summed E-state index contributed by atoms with van der Waals surface area (Å²) in [6, 6.07) is 0. The maximum absolute atomic E-state index is 12.4. The third kappa shape index (κ3) is 5.65. The van der Waals surface area contributed by atoms with Crippen LogP contribution in [0.5, 0.6) is 0 Å². The van der Waals surface area contributed by atoms with Gasteiger partial charge in [0.05, 0.1) is 12.7 Å². The number of hydrogen-bond acceptors (Lipinski definition) is 2. The van der Waals surface area contributed by atoms with Crippen LogP contribution >= 0.6 is 0 Å². The molecule has 0 amide bonds. The molecule has 0 radical (unpaired) electrons. The average molecular weight is 246 g/mol. The van der Waals surface area contributed by atoms with E-state index in [-0.39, 0.29) is 12.5 Å². The number of rotatable bonds is 8. The summed E-state index contributed by atoms with van der Waals surface area (Å²) in [5.41, 5.74) is 0. The summed E-state index contributed by atoms with van der Waals surface area (Å²) >= 11 is 0. The Morgan fingerprint density at radius 3 is 2.31 bits per heavy atom. The molecule has 2 nitrogen and oxygen atoms in total. The van der Waals surface area contributed by atoms with Crippen LogP contribution in [0.15, 0.2) is 0 Å². The highest BCUT2D eigenvalue weighted by molar-refractivity contribution is 4.69. The lowest BCUT2D eigenvalue weighted by atomic mass is 10.0. The molecule has 0 saturated heterocycles. The van der Waals surface area contributed by atoms with Gasteiger partial charge in [0.2, 0.25) is 0 Å². The third-order valence-electron chi connectivity index (χ3n) is 2.30. The minimum atomic E-state index is -4.15. The number of ether oxygens (including phenoxy) is 1. The first-order valence-electron chi connectivity index (χ1n) is 5.23. The molecule has 6 heteroatoms. The van der Waals surface area contributed by atoms with Crippen LogP contribution in [0.2, 0.25) is 0 Å². The molecule has 2 atom stereocenters. The van der Waals surface area contributed by atoms with Crippen molar-refractivity contribution in [1.29, 1.82) is 0 Å². The van der Waals surface area contributed by atoms with E-state index in [0.29, 0.717) is 0 Å². The summed E-state index contributed by atoms with van der Waals surface area (Å²) < 4.78 is 52.6. The van der Waals surface area contributed by atoms with Crippen LogP contribution in [0.25, 0.3) is 0 Å².